The van der Waals surface area contributed by atoms with Crippen molar-refractivity contribution in [2.75, 3.05) is 5.43 Å². The average Bonchev–Trinajstić information content (AvgIpc) is 3.32. The zero-order valence-electron chi connectivity index (χ0n) is 15.7. The Hall–Kier alpha value is -2.86. The number of thiazole rings is 1. The zero-order chi connectivity index (χ0) is 20.5. The van der Waals surface area contributed by atoms with E-state index >= 15 is 0 Å². The summed E-state index contributed by atoms with van der Waals surface area (Å²) in [5, 5.41) is 7.61. The Morgan fingerprint density at radius 1 is 0.967 bits per heavy atom. The fourth-order valence-corrected chi connectivity index (χ4v) is 4.77. The molecule has 2 heterocycles. The van der Waals surface area contributed by atoms with E-state index in [1.807, 2.05) is 54.7 Å². The molecule has 0 bridgehead atoms. The number of anilines is 1. The maximum atomic E-state index is 6.38. The van der Waals surface area contributed by atoms with Gasteiger partial charge in [-0.3, -0.25) is 5.43 Å². The van der Waals surface area contributed by atoms with E-state index in [2.05, 4.69) is 44.5 Å². The van der Waals surface area contributed by atoms with Gasteiger partial charge in [-0.2, -0.15) is 5.10 Å². The molecule has 0 saturated carbocycles. The number of rotatable bonds is 5. The number of hydrazone groups is 1. The van der Waals surface area contributed by atoms with Gasteiger partial charge in [-0.25, -0.2) is 4.98 Å². The summed E-state index contributed by atoms with van der Waals surface area (Å²) < 4.78 is 3.27. The van der Waals surface area contributed by atoms with Gasteiger partial charge in [0.1, 0.15) is 0 Å². The minimum absolute atomic E-state index is 0.582. The van der Waals surface area contributed by atoms with Gasteiger partial charge < -0.3 is 4.57 Å². The Labute approximate surface area is 187 Å². The van der Waals surface area contributed by atoms with Crippen LogP contribution in [0.5, 0.6) is 0 Å². The van der Waals surface area contributed by atoms with Crippen molar-refractivity contribution in [1.29, 1.82) is 0 Å². The fraction of sp³-hybridized carbons (Fsp3) is 0.0435. The van der Waals surface area contributed by atoms with Crippen molar-refractivity contribution in [3.63, 3.8) is 0 Å². The third-order valence-corrected chi connectivity index (χ3v) is 6.52. The number of hydrogen-bond acceptors (Lipinski definition) is 4. The van der Waals surface area contributed by atoms with Crippen LogP contribution in [0.3, 0.4) is 0 Å². The topological polar surface area (TPSA) is 42.2 Å². The van der Waals surface area contributed by atoms with Crippen molar-refractivity contribution in [1.82, 2.24) is 9.55 Å². The first-order chi connectivity index (χ1) is 14.7. The summed E-state index contributed by atoms with van der Waals surface area (Å²) in [5.41, 5.74) is 7.01. The molecule has 30 heavy (non-hydrogen) atoms. The maximum absolute atomic E-state index is 6.38. The minimum atomic E-state index is 0.582. The summed E-state index contributed by atoms with van der Waals surface area (Å²) in [6.07, 6.45) is 3.88. The lowest BCUT2D eigenvalue weighted by Gasteiger charge is -2.09. The summed E-state index contributed by atoms with van der Waals surface area (Å²) >= 11 is 14.3. The molecule has 0 radical (unpaired) electrons. The Morgan fingerprint density at radius 2 is 1.73 bits per heavy atom. The van der Waals surface area contributed by atoms with Crippen LogP contribution in [0.2, 0.25) is 10.0 Å². The standard InChI is InChI=1S/C23H16Cl2N4S/c24-18-7-5-8-19(25)17(18)14-29-13-15(16-6-1-3-10-21(16)29)12-26-28-23-27-20-9-2-4-11-22(20)30-23/h1-13H,14H2,(H,27,28). The van der Waals surface area contributed by atoms with Gasteiger partial charge in [0.25, 0.3) is 0 Å². The van der Waals surface area contributed by atoms with E-state index in [1.165, 1.54) is 0 Å². The van der Waals surface area contributed by atoms with Gasteiger partial charge in [-0.05, 0) is 30.3 Å². The normalized spacial score (nSPS) is 11.7. The molecular weight excluding hydrogens is 435 g/mol. The van der Waals surface area contributed by atoms with E-state index < -0.39 is 0 Å². The Morgan fingerprint density at radius 3 is 2.57 bits per heavy atom. The van der Waals surface area contributed by atoms with E-state index in [9.17, 15) is 0 Å². The molecule has 0 amide bonds. The molecule has 7 heteroatoms. The highest BCUT2D eigenvalue weighted by molar-refractivity contribution is 7.22. The van der Waals surface area contributed by atoms with Crippen molar-refractivity contribution in [3.05, 3.63) is 94.1 Å². The number of nitrogens with one attached hydrogen (secondary N) is 1. The summed E-state index contributed by atoms with van der Waals surface area (Å²) in [6.45, 7) is 0.582. The van der Waals surface area contributed by atoms with E-state index in [0.717, 1.165) is 37.4 Å². The molecular formula is C23H16Cl2N4S. The van der Waals surface area contributed by atoms with Gasteiger partial charge in [0.05, 0.1) is 23.0 Å². The van der Waals surface area contributed by atoms with Gasteiger partial charge in [-0.1, -0.05) is 70.9 Å². The van der Waals surface area contributed by atoms with E-state index in [1.54, 1.807) is 11.3 Å². The van der Waals surface area contributed by atoms with Gasteiger partial charge in [-0.15, -0.1) is 0 Å². The lowest BCUT2D eigenvalue weighted by atomic mass is 10.2. The molecule has 0 aliphatic heterocycles. The molecule has 0 fully saturated rings. The zero-order valence-corrected chi connectivity index (χ0v) is 18.0. The Kier molecular flexibility index (Phi) is 5.17. The van der Waals surface area contributed by atoms with Gasteiger partial charge in [0.2, 0.25) is 5.13 Å². The molecule has 3 aromatic carbocycles. The first kappa shape index (κ1) is 19.1. The van der Waals surface area contributed by atoms with Crippen LogP contribution < -0.4 is 5.43 Å². The predicted molar refractivity (Wildman–Crippen MR) is 128 cm³/mol. The second-order valence-electron chi connectivity index (χ2n) is 6.79. The minimum Gasteiger partial charge on any atom is -0.342 e. The number of para-hydroxylation sites is 2. The first-order valence-corrected chi connectivity index (χ1v) is 10.9. The van der Waals surface area contributed by atoms with Crippen LogP contribution in [0.25, 0.3) is 21.1 Å². The summed E-state index contributed by atoms with van der Waals surface area (Å²) in [4.78, 5) is 4.55. The third-order valence-electron chi connectivity index (χ3n) is 4.87. The first-order valence-electron chi connectivity index (χ1n) is 9.34. The van der Waals surface area contributed by atoms with Crippen molar-refractivity contribution in [2.24, 2.45) is 5.10 Å². The number of fused-ring (bicyclic) bond motifs is 2. The van der Waals surface area contributed by atoms with Crippen LogP contribution in [0.1, 0.15) is 11.1 Å². The molecule has 0 unspecified atom stereocenters. The molecule has 0 saturated heterocycles. The molecule has 0 aliphatic carbocycles. The average molecular weight is 451 g/mol. The maximum Gasteiger partial charge on any atom is 0.204 e. The van der Waals surface area contributed by atoms with Crippen molar-refractivity contribution >= 4 is 67.0 Å². The Balaban J connectivity index is 1.45. The number of nitrogens with zero attached hydrogens (tertiary/aromatic N) is 3. The largest absolute Gasteiger partial charge is 0.342 e. The molecule has 0 spiro atoms. The molecule has 5 aromatic rings. The van der Waals surface area contributed by atoms with Crippen molar-refractivity contribution < 1.29 is 0 Å². The van der Waals surface area contributed by atoms with E-state index in [0.29, 0.717) is 16.6 Å². The highest BCUT2D eigenvalue weighted by Gasteiger charge is 2.11. The Bertz CT molecular complexity index is 1330. The van der Waals surface area contributed by atoms with Gasteiger partial charge in [0.15, 0.2) is 0 Å². The highest BCUT2D eigenvalue weighted by Crippen LogP contribution is 2.28. The van der Waals surface area contributed by atoms with E-state index in [-0.39, 0.29) is 0 Å². The highest BCUT2D eigenvalue weighted by atomic mass is 35.5. The van der Waals surface area contributed by atoms with Gasteiger partial charge >= 0.3 is 0 Å². The van der Waals surface area contributed by atoms with E-state index in [4.69, 9.17) is 23.2 Å². The van der Waals surface area contributed by atoms with Crippen LogP contribution in [0.4, 0.5) is 5.13 Å². The van der Waals surface area contributed by atoms with Crippen LogP contribution in [-0.4, -0.2) is 15.8 Å². The predicted octanol–water partition coefficient (Wildman–Crippen LogP) is 7.05. The molecule has 1 N–H and O–H groups in total. The van der Waals surface area contributed by atoms with Crippen molar-refractivity contribution in [3.8, 4) is 0 Å². The molecule has 2 aromatic heterocycles. The number of aromatic nitrogens is 2. The summed E-state index contributed by atoms with van der Waals surface area (Å²) in [7, 11) is 0. The molecule has 0 aliphatic rings. The molecule has 0 atom stereocenters. The number of halogens is 2. The molecule has 5 rings (SSSR count). The number of benzene rings is 3. The lowest BCUT2D eigenvalue weighted by Crippen LogP contribution is -1.99. The van der Waals surface area contributed by atoms with Crippen LogP contribution in [0, 0.1) is 0 Å². The smallest absolute Gasteiger partial charge is 0.204 e. The molecule has 4 nitrogen and oxygen atoms in total. The third kappa shape index (κ3) is 3.67. The SMILES string of the molecule is Clc1cccc(Cl)c1Cn1cc(C=NNc2nc3ccccc3s2)c2ccccc21. The van der Waals surface area contributed by atoms with Crippen LogP contribution in [0.15, 0.2) is 78.0 Å². The van der Waals surface area contributed by atoms with Crippen molar-refractivity contribution in [2.45, 2.75) is 6.54 Å². The van der Waals surface area contributed by atoms with Crippen LogP contribution >= 0.6 is 34.5 Å². The second-order valence-corrected chi connectivity index (χ2v) is 8.63. The quantitative estimate of drug-likeness (QED) is 0.230. The summed E-state index contributed by atoms with van der Waals surface area (Å²) in [5.74, 6) is 0. The van der Waals surface area contributed by atoms with Crippen LogP contribution in [-0.2, 0) is 6.54 Å². The summed E-state index contributed by atoms with van der Waals surface area (Å²) in [6, 6.07) is 21.8. The molecule has 148 valence electrons. The lowest BCUT2D eigenvalue weighted by molar-refractivity contribution is 0.837. The van der Waals surface area contributed by atoms with Gasteiger partial charge in [0, 0.05) is 38.3 Å². The monoisotopic (exact) mass is 450 g/mol. The fourth-order valence-electron chi connectivity index (χ4n) is 3.44. The number of hydrogen-bond donors (Lipinski definition) is 1. The second kappa shape index (κ2) is 8.11.